The molecule has 0 saturated carbocycles. The number of carbonyl (C=O) groups excluding carboxylic acids is 1. The van der Waals surface area contributed by atoms with E-state index in [0.29, 0.717) is 18.7 Å². The fourth-order valence-electron chi connectivity index (χ4n) is 3.57. The van der Waals surface area contributed by atoms with Gasteiger partial charge in [0.2, 0.25) is 0 Å². The molecule has 0 fully saturated rings. The van der Waals surface area contributed by atoms with E-state index in [-0.39, 0.29) is 29.9 Å². The second-order valence-electron chi connectivity index (χ2n) is 7.87. The predicted octanol–water partition coefficient (Wildman–Crippen LogP) is 3.12. The van der Waals surface area contributed by atoms with Crippen molar-refractivity contribution in [3.05, 3.63) is 70.8 Å². The van der Waals surface area contributed by atoms with Gasteiger partial charge in [-0.3, -0.25) is 4.79 Å². The number of halogens is 1. The van der Waals surface area contributed by atoms with Crippen molar-refractivity contribution in [2.45, 2.75) is 26.4 Å². The van der Waals surface area contributed by atoms with Gasteiger partial charge in [-0.25, -0.2) is 4.99 Å². The zero-order chi connectivity index (χ0) is 21.3. The summed E-state index contributed by atoms with van der Waals surface area (Å²) in [5, 5.41) is 6.39. The molecule has 2 aromatic rings. The molecular weight excluding hydrogens is 501 g/mol. The van der Waals surface area contributed by atoms with Gasteiger partial charge >= 0.3 is 0 Å². The van der Waals surface area contributed by atoms with Crippen LogP contribution >= 0.6 is 24.0 Å². The third-order valence-electron chi connectivity index (χ3n) is 5.21. The van der Waals surface area contributed by atoms with Crippen LogP contribution in [0.25, 0.3) is 0 Å². The summed E-state index contributed by atoms with van der Waals surface area (Å²) in [5.74, 6) is 0.884. The lowest BCUT2D eigenvalue weighted by atomic mass is 10.0. The Morgan fingerprint density at radius 1 is 1.10 bits per heavy atom. The summed E-state index contributed by atoms with van der Waals surface area (Å²) >= 11 is 0. The van der Waals surface area contributed by atoms with E-state index in [9.17, 15) is 4.79 Å². The Hall–Kier alpha value is -2.13. The summed E-state index contributed by atoms with van der Waals surface area (Å²) in [6, 6.07) is 16.4. The van der Waals surface area contributed by atoms with Gasteiger partial charge in [-0.05, 0) is 56.3 Å². The van der Waals surface area contributed by atoms with Gasteiger partial charge in [0, 0.05) is 38.3 Å². The Kier molecular flexibility index (Phi) is 10.3. The lowest BCUT2D eigenvalue weighted by Crippen LogP contribution is -2.44. The van der Waals surface area contributed by atoms with Crippen molar-refractivity contribution < 1.29 is 4.79 Å². The van der Waals surface area contributed by atoms with Gasteiger partial charge in [0.05, 0.1) is 6.54 Å². The lowest BCUT2D eigenvalue weighted by Gasteiger charge is -2.31. The SMILES string of the molecule is CCNC(=NCc1cccc(C(=O)NCCN(C)C)c1)N1CCc2ccccc2C1.I. The van der Waals surface area contributed by atoms with Crippen LogP contribution in [0.4, 0.5) is 0 Å². The maximum Gasteiger partial charge on any atom is 0.251 e. The molecule has 0 bridgehead atoms. The predicted molar refractivity (Wildman–Crippen MR) is 138 cm³/mol. The van der Waals surface area contributed by atoms with Crippen LogP contribution in [0.2, 0.25) is 0 Å². The Labute approximate surface area is 203 Å². The first-order chi connectivity index (χ1) is 14.6. The first-order valence-corrected chi connectivity index (χ1v) is 10.7. The maximum absolute atomic E-state index is 12.4. The molecule has 7 heteroatoms. The molecule has 1 aliphatic heterocycles. The summed E-state index contributed by atoms with van der Waals surface area (Å²) in [4.78, 5) is 21.6. The van der Waals surface area contributed by atoms with E-state index in [1.807, 2.05) is 43.3 Å². The zero-order valence-electron chi connectivity index (χ0n) is 18.7. The number of nitrogens with one attached hydrogen (secondary N) is 2. The molecule has 6 nitrogen and oxygen atoms in total. The van der Waals surface area contributed by atoms with Crippen LogP contribution in [-0.2, 0) is 19.5 Å². The number of benzene rings is 2. The normalized spacial score (nSPS) is 13.4. The lowest BCUT2D eigenvalue weighted by molar-refractivity contribution is 0.0951. The van der Waals surface area contributed by atoms with Crippen molar-refractivity contribution in [1.82, 2.24) is 20.4 Å². The Morgan fingerprint density at radius 3 is 2.61 bits per heavy atom. The number of hydrogen-bond acceptors (Lipinski definition) is 3. The van der Waals surface area contributed by atoms with Crippen LogP contribution in [-0.4, -0.2) is 61.9 Å². The number of guanidine groups is 1. The Balaban J connectivity index is 0.00000341. The summed E-state index contributed by atoms with van der Waals surface area (Å²) in [7, 11) is 3.99. The first-order valence-electron chi connectivity index (χ1n) is 10.7. The minimum Gasteiger partial charge on any atom is -0.356 e. The van der Waals surface area contributed by atoms with E-state index in [2.05, 4.69) is 46.7 Å². The molecule has 1 aliphatic rings. The smallest absolute Gasteiger partial charge is 0.251 e. The second-order valence-corrected chi connectivity index (χ2v) is 7.87. The van der Waals surface area contributed by atoms with Gasteiger partial charge in [-0.1, -0.05) is 36.4 Å². The van der Waals surface area contributed by atoms with Crippen molar-refractivity contribution in [2.24, 2.45) is 4.99 Å². The third-order valence-corrected chi connectivity index (χ3v) is 5.21. The monoisotopic (exact) mass is 535 g/mol. The molecule has 2 aromatic carbocycles. The molecule has 0 aromatic heterocycles. The van der Waals surface area contributed by atoms with Crippen LogP contribution in [0.15, 0.2) is 53.5 Å². The average molecular weight is 535 g/mol. The van der Waals surface area contributed by atoms with Crippen molar-refractivity contribution in [3.63, 3.8) is 0 Å². The molecule has 1 amide bonds. The van der Waals surface area contributed by atoms with Gasteiger partial charge in [0.15, 0.2) is 5.96 Å². The molecule has 0 unspecified atom stereocenters. The zero-order valence-corrected chi connectivity index (χ0v) is 21.1. The second kappa shape index (κ2) is 12.7. The number of amides is 1. The molecule has 31 heavy (non-hydrogen) atoms. The highest BCUT2D eigenvalue weighted by Crippen LogP contribution is 2.18. The molecule has 0 atom stereocenters. The third kappa shape index (κ3) is 7.50. The minimum absolute atomic E-state index is 0. The molecule has 0 radical (unpaired) electrons. The number of aliphatic imine (C=N–C) groups is 1. The van der Waals surface area contributed by atoms with E-state index < -0.39 is 0 Å². The molecule has 0 spiro atoms. The van der Waals surface area contributed by atoms with Crippen molar-refractivity contribution in [1.29, 1.82) is 0 Å². The topological polar surface area (TPSA) is 60.0 Å². The molecule has 168 valence electrons. The average Bonchev–Trinajstić information content (AvgIpc) is 2.76. The van der Waals surface area contributed by atoms with Gasteiger partial charge in [0.1, 0.15) is 0 Å². The fraction of sp³-hybridized carbons (Fsp3) is 0.417. The number of likely N-dealkylation sites (N-methyl/N-ethyl adjacent to an activating group) is 1. The van der Waals surface area contributed by atoms with E-state index in [1.165, 1.54) is 11.1 Å². The highest BCUT2D eigenvalue weighted by molar-refractivity contribution is 14.0. The van der Waals surface area contributed by atoms with Crippen LogP contribution < -0.4 is 10.6 Å². The largest absolute Gasteiger partial charge is 0.356 e. The molecule has 0 saturated heterocycles. The quantitative estimate of drug-likeness (QED) is 0.325. The van der Waals surface area contributed by atoms with Gasteiger partial charge < -0.3 is 20.4 Å². The number of rotatable bonds is 7. The van der Waals surface area contributed by atoms with Gasteiger partial charge in [-0.2, -0.15) is 0 Å². The van der Waals surface area contributed by atoms with Gasteiger partial charge in [0.25, 0.3) is 5.91 Å². The minimum atomic E-state index is -0.0396. The van der Waals surface area contributed by atoms with Gasteiger partial charge in [-0.15, -0.1) is 24.0 Å². The Morgan fingerprint density at radius 2 is 1.87 bits per heavy atom. The number of nitrogens with zero attached hydrogens (tertiary/aromatic N) is 3. The molecule has 0 aliphatic carbocycles. The van der Waals surface area contributed by atoms with Crippen LogP contribution in [0, 0.1) is 0 Å². The fourth-order valence-corrected chi connectivity index (χ4v) is 3.57. The summed E-state index contributed by atoms with van der Waals surface area (Å²) in [5.41, 5.74) is 4.50. The number of carbonyl (C=O) groups is 1. The number of fused-ring (bicyclic) bond motifs is 1. The molecule has 2 N–H and O–H groups in total. The Bertz CT molecular complexity index is 884. The standard InChI is InChI=1S/C24H33N5O.HI/c1-4-25-24(29-14-12-20-9-5-6-10-22(20)18-29)27-17-19-8-7-11-21(16-19)23(30)26-13-15-28(2)3;/h5-11,16H,4,12-15,17-18H2,1-3H3,(H,25,27)(H,26,30);1H. The highest BCUT2D eigenvalue weighted by atomic mass is 127. The molecule has 1 heterocycles. The summed E-state index contributed by atoms with van der Waals surface area (Å²) < 4.78 is 0. The van der Waals surface area contributed by atoms with E-state index >= 15 is 0 Å². The molecular formula is C24H34IN5O. The summed E-state index contributed by atoms with van der Waals surface area (Å²) in [6.07, 6.45) is 1.03. The van der Waals surface area contributed by atoms with Crippen LogP contribution in [0.5, 0.6) is 0 Å². The van der Waals surface area contributed by atoms with E-state index in [1.54, 1.807) is 0 Å². The van der Waals surface area contributed by atoms with Crippen molar-refractivity contribution in [3.8, 4) is 0 Å². The van der Waals surface area contributed by atoms with Crippen LogP contribution in [0.3, 0.4) is 0 Å². The maximum atomic E-state index is 12.4. The molecule has 3 rings (SSSR count). The van der Waals surface area contributed by atoms with E-state index in [4.69, 9.17) is 4.99 Å². The van der Waals surface area contributed by atoms with E-state index in [0.717, 1.165) is 44.1 Å². The summed E-state index contributed by atoms with van der Waals surface area (Å²) in [6.45, 7) is 6.74. The first kappa shape index (κ1) is 25.1. The van der Waals surface area contributed by atoms with Crippen molar-refractivity contribution >= 4 is 35.8 Å². The van der Waals surface area contributed by atoms with Crippen molar-refractivity contribution in [2.75, 3.05) is 40.3 Å². The number of hydrogen-bond donors (Lipinski definition) is 2. The van der Waals surface area contributed by atoms with Crippen LogP contribution in [0.1, 0.15) is 34.0 Å². The highest BCUT2D eigenvalue weighted by Gasteiger charge is 2.18.